The van der Waals surface area contributed by atoms with Gasteiger partial charge in [0.15, 0.2) is 0 Å². The minimum absolute atomic E-state index is 0.207. The van der Waals surface area contributed by atoms with Crippen LogP contribution >= 0.6 is 11.6 Å². The smallest absolute Gasteiger partial charge is 0.244 e. The lowest BCUT2D eigenvalue weighted by Crippen LogP contribution is -2.20. The van der Waals surface area contributed by atoms with E-state index in [4.69, 9.17) is 21.6 Å². The Kier molecular flexibility index (Phi) is 7.42. The molecule has 3 aromatic rings. The normalized spacial score (nSPS) is 10.6. The van der Waals surface area contributed by atoms with E-state index >= 15 is 0 Å². The summed E-state index contributed by atoms with van der Waals surface area (Å²) in [4.78, 5) is 12.3. The Bertz CT molecular complexity index is 1170. The van der Waals surface area contributed by atoms with Gasteiger partial charge in [0.2, 0.25) is 5.91 Å². The summed E-state index contributed by atoms with van der Waals surface area (Å²) in [5, 5.41) is 13.6. The van der Waals surface area contributed by atoms with Crippen LogP contribution in [-0.2, 0) is 17.8 Å². The average Bonchev–Trinajstić information content (AvgIpc) is 2.75. The molecule has 5 nitrogen and oxygen atoms in total. The molecule has 31 heavy (non-hydrogen) atoms. The van der Waals surface area contributed by atoms with Crippen LogP contribution in [-0.4, -0.2) is 12.1 Å². The van der Waals surface area contributed by atoms with Gasteiger partial charge in [-0.25, -0.2) is 5.43 Å². The summed E-state index contributed by atoms with van der Waals surface area (Å²) < 4.78 is 5.89. The number of benzene rings is 3. The number of ether oxygens (including phenoxy) is 1. The Hall–Kier alpha value is -3.62. The van der Waals surface area contributed by atoms with Crippen LogP contribution in [0.2, 0.25) is 5.02 Å². The SMILES string of the molecule is Cc1ccc(CC(=O)N/N=C/c2cc(Cl)ccc2OCc2cccc(C#N)c2)c(C)c1. The Morgan fingerprint density at radius 3 is 2.77 bits per heavy atom. The molecule has 0 bridgehead atoms. The van der Waals surface area contributed by atoms with Crippen molar-refractivity contribution in [1.82, 2.24) is 5.43 Å². The predicted molar refractivity (Wildman–Crippen MR) is 122 cm³/mol. The van der Waals surface area contributed by atoms with E-state index in [0.717, 1.165) is 22.3 Å². The van der Waals surface area contributed by atoms with Crippen molar-refractivity contribution in [2.24, 2.45) is 5.10 Å². The lowest BCUT2D eigenvalue weighted by molar-refractivity contribution is -0.120. The van der Waals surface area contributed by atoms with Gasteiger partial charge in [0.25, 0.3) is 0 Å². The second kappa shape index (κ2) is 10.4. The molecule has 0 spiro atoms. The Balaban J connectivity index is 1.65. The van der Waals surface area contributed by atoms with Gasteiger partial charge in [0, 0.05) is 10.6 Å². The lowest BCUT2D eigenvalue weighted by atomic mass is 10.0. The maximum absolute atomic E-state index is 12.3. The number of hydrogen-bond acceptors (Lipinski definition) is 4. The molecular formula is C25H22ClN3O2. The molecule has 0 aromatic heterocycles. The van der Waals surface area contributed by atoms with Crippen molar-refractivity contribution in [1.29, 1.82) is 5.26 Å². The van der Waals surface area contributed by atoms with Crippen LogP contribution in [0.3, 0.4) is 0 Å². The third-order valence-corrected chi connectivity index (χ3v) is 4.90. The van der Waals surface area contributed by atoms with Crippen LogP contribution in [0.4, 0.5) is 0 Å². The molecule has 1 N–H and O–H groups in total. The molecule has 0 unspecified atom stereocenters. The van der Waals surface area contributed by atoms with E-state index in [2.05, 4.69) is 16.6 Å². The van der Waals surface area contributed by atoms with E-state index in [9.17, 15) is 4.79 Å². The molecule has 0 saturated heterocycles. The second-order valence-corrected chi connectivity index (χ2v) is 7.62. The van der Waals surface area contributed by atoms with E-state index in [1.54, 1.807) is 30.3 Å². The van der Waals surface area contributed by atoms with Crippen LogP contribution < -0.4 is 10.2 Å². The monoisotopic (exact) mass is 431 g/mol. The molecule has 0 aliphatic rings. The zero-order valence-corrected chi connectivity index (χ0v) is 18.1. The maximum atomic E-state index is 12.3. The van der Waals surface area contributed by atoms with Crippen molar-refractivity contribution < 1.29 is 9.53 Å². The van der Waals surface area contributed by atoms with Gasteiger partial charge in [-0.3, -0.25) is 4.79 Å². The molecule has 0 radical (unpaired) electrons. The summed E-state index contributed by atoms with van der Waals surface area (Å²) in [7, 11) is 0. The number of carbonyl (C=O) groups excluding carboxylic acids is 1. The third-order valence-electron chi connectivity index (χ3n) is 4.66. The minimum Gasteiger partial charge on any atom is -0.488 e. The molecule has 3 rings (SSSR count). The fourth-order valence-corrected chi connectivity index (χ4v) is 3.25. The quantitative estimate of drug-likeness (QED) is 0.417. The van der Waals surface area contributed by atoms with E-state index in [-0.39, 0.29) is 18.9 Å². The molecule has 0 aliphatic heterocycles. The molecule has 6 heteroatoms. The highest BCUT2D eigenvalue weighted by Crippen LogP contribution is 2.22. The van der Waals surface area contributed by atoms with Crippen molar-refractivity contribution in [2.75, 3.05) is 0 Å². The number of rotatable bonds is 7. The van der Waals surface area contributed by atoms with Gasteiger partial charge in [0.05, 0.1) is 24.3 Å². The minimum atomic E-state index is -0.207. The highest BCUT2D eigenvalue weighted by molar-refractivity contribution is 6.30. The van der Waals surface area contributed by atoms with Crippen molar-refractivity contribution in [3.05, 3.63) is 99.1 Å². The summed E-state index contributed by atoms with van der Waals surface area (Å²) >= 11 is 6.11. The van der Waals surface area contributed by atoms with E-state index in [1.807, 2.05) is 44.2 Å². The number of aryl methyl sites for hydroxylation is 2. The standard InChI is InChI=1S/C25H22ClN3O2/c1-17-6-7-21(18(2)10-17)13-25(30)29-28-15-22-12-23(26)8-9-24(22)31-16-20-5-3-4-19(11-20)14-27/h3-12,15H,13,16H2,1-2H3,(H,29,30)/b28-15+. The number of hydrazone groups is 1. The molecule has 156 valence electrons. The fraction of sp³-hybridized carbons (Fsp3) is 0.160. The van der Waals surface area contributed by atoms with Crippen molar-refractivity contribution in [3.8, 4) is 11.8 Å². The van der Waals surface area contributed by atoms with Crippen LogP contribution in [0.5, 0.6) is 5.75 Å². The third kappa shape index (κ3) is 6.43. The number of amides is 1. The van der Waals surface area contributed by atoms with Gasteiger partial charge < -0.3 is 4.74 Å². The fourth-order valence-electron chi connectivity index (χ4n) is 3.07. The molecule has 1 amide bonds. The Labute approximate surface area is 186 Å². The Morgan fingerprint density at radius 2 is 2.00 bits per heavy atom. The van der Waals surface area contributed by atoms with Gasteiger partial charge in [-0.15, -0.1) is 0 Å². The highest BCUT2D eigenvalue weighted by atomic mass is 35.5. The zero-order valence-electron chi connectivity index (χ0n) is 17.4. The number of hydrogen-bond donors (Lipinski definition) is 1. The van der Waals surface area contributed by atoms with E-state index in [1.165, 1.54) is 6.21 Å². The van der Waals surface area contributed by atoms with Gasteiger partial charge in [0.1, 0.15) is 12.4 Å². The van der Waals surface area contributed by atoms with Crippen LogP contribution in [0, 0.1) is 25.2 Å². The first-order valence-electron chi connectivity index (χ1n) is 9.74. The number of halogens is 1. The van der Waals surface area contributed by atoms with Crippen molar-refractivity contribution >= 4 is 23.7 Å². The summed E-state index contributed by atoms with van der Waals surface area (Å²) in [6.07, 6.45) is 1.75. The second-order valence-electron chi connectivity index (χ2n) is 7.18. The molecule has 0 fully saturated rings. The van der Waals surface area contributed by atoms with Crippen molar-refractivity contribution in [3.63, 3.8) is 0 Å². The largest absolute Gasteiger partial charge is 0.488 e. The van der Waals surface area contributed by atoms with Gasteiger partial charge >= 0.3 is 0 Å². The lowest BCUT2D eigenvalue weighted by Gasteiger charge is -2.10. The first-order valence-corrected chi connectivity index (χ1v) is 10.1. The van der Waals surface area contributed by atoms with Crippen LogP contribution in [0.15, 0.2) is 65.8 Å². The van der Waals surface area contributed by atoms with Crippen molar-refractivity contribution in [2.45, 2.75) is 26.9 Å². The van der Waals surface area contributed by atoms with E-state index < -0.39 is 0 Å². The zero-order chi connectivity index (χ0) is 22.2. The summed E-state index contributed by atoms with van der Waals surface area (Å²) in [5.74, 6) is 0.361. The average molecular weight is 432 g/mol. The predicted octanol–water partition coefficient (Wildman–Crippen LogP) is 5.10. The maximum Gasteiger partial charge on any atom is 0.244 e. The summed E-state index contributed by atoms with van der Waals surface area (Å²) in [5.41, 5.74) is 7.83. The molecule has 3 aromatic carbocycles. The molecule has 0 aliphatic carbocycles. The number of nitriles is 1. The van der Waals surface area contributed by atoms with Crippen LogP contribution in [0.1, 0.15) is 33.4 Å². The topological polar surface area (TPSA) is 74.5 Å². The van der Waals surface area contributed by atoms with Gasteiger partial charge in [-0.05, 0) is 60.9 Å². The van der Waals surface area contributed by atoms with E-state index in [0.29, 0.717) is 21.9 Å². The first-order chi connectivity index (χ1) is 14.9. The number of nitrogens with one attached hydrogen (secondary N) is 1. The highest BCUT2D eigenvalue weighted by Gasteiger charge is 2.07. The molecule has 0 saturated carbocycles. The Morgan fingerprint density at radius 1 is 1.16 bits per heavy atom. The van der Waals surface area contributed by atoms with Gasteiger partial charge in [-0.2, -0.15) is 10.4 Å². The molecule has 0 atom stereocenters. The van der Waals surface area contributed by atoms with Crippen LogP contribution in [0.25, 0.3) is 0 Å². The van der Waals surface area contributed by atoms with Gasteiger partial charge in [-0.1, -0.05) is 47.5 Å². The summed E-state index contributed by atoms with van der Waals surface area (Å²) in [6.45, 7) is 4.30. The number of nitrogens with zero attached hydrogens (tertiary/aromatic N) is 2. The first kappa shape index (κ1) is 22.1. The summed E-state index contributed by atoms with van der Waals surface area (Å²) in [6, 6.07) is 20.5. The molecule has 0 heterocycles. The molecular weight excluding hydrogens is 410 g/mol. The number of carbonyl (C=O) groups is 1.